The number of carboxylic acid groups (broad SMARTS) is 1. The monoisotopic (exact) mass is 295 g/mol. The van der Waals surface area contributed by atoms with Crippen molar-refractivity contribution in [3.8, 4) is 0 Å². The van der Waals surface area contributed by atoms with Crippen molar-refractivity contribution < 1.29 is 19.4 Å². The Balaban J connectivity index is 2.39. The van der Waals surface area contributed by atoms with Gasteiger partial charge in [0, 0.05) is 6.20 Å². The fraction of sp³-hybridized carbons (Fsp3) is 0.333. The number of aromatic carboxylic acids is 1. The summed E-state index contributed by atoms with van der Waals surface area (Å²) in [5.74, 6) is -1.14. The fourth-order valence-corrected chi connectivity index (χ4v) is 2.43. The first kappa shape index (κ1) is 14.2. The first-order chi connectivity index (χ1) is 9.28. The predicted molar refractivity (Wildman–Crippen MR) is 74.2 cm³/mol. The van der Waals surface area contributed by atoms with E-state index in [1.165, 1.54) is 12.5 Å². The molecule has 2 aromatic rings. The summed E-state index contributed by atoms with van der Waals surface area (Å²) in [7, 11) is 0. The molecule has 2 rings (SSSR count). The number of carboxylic acids is 1. The van der Waals surface area contributed by atoms with Crippen LogP contribution in [0, 0.1) is 0 Å². The molecule has 1 amide bonds. The Kier molecular flexibility index (Phi) is 3.58. The van der Waals surface area contributed by atoms with Gasteiger partial charge in [0.1, 0.15) is 21.6 Å². The molecule has 0 saturated carbocycles. The smallest absolute Gasteiger partial charge is 0.412 e. The number of ether oxygens (including phenoxy) is 1. The highest BCUT2D eigenvalue weighted by molar-refractivity contribution is 7.21. The summed E-state index contributed by atoms with van der Waals surface area (Å²) in [5, 5.41) is 12.1. The number of hydrogen-bond donors (Lipinski definition) is 2. The normalized spacial score (nSPS) is 11.3. The zero-order valence-electron chi connectivity index (χ0n) is 11.1. The summed E-state index contributed by atoms with van der Waals surface area (Å²) < 4.78 is 5.12. The minimum Gasteiger partial charge on any atom is -0.477 e. The summed E-state index contributed by atoms with van der Waals surface area (Å²) in [4.78, 5) is 31.3. The highest BCUT2D eigenvalue weighted by Gasteiger charge is 2.23. The molecule has 0 radical (unpaired) electrons. The number of amides is 1. The molecule has 0 aliphatic carbocycles. The van der Waals surface area contributed by atoms with E-state index in [-0.39, 0.29) is 10.6 Å². The first-order valence-electron chi connectivity index (χ1n) is 5.74. The number of thiophene rings is 1. The molecule has 2 N–H and O–H groups in total. The molecule has 0 unspecified atom stereocenters. The van der Waals surface area contributed by atoms with E-state index in [2.05, 4.69) is 15.3 Å². The second-order valence-electron chi connectivity index (χ2n) is 4.98. The van der Waals surface area contributed by atoms with Gasteiger partial charge in [-0.3, -0.25) is 5.32 Å². The van der Waals surface area contributed by atoms with E-state index in [0.29, 0.717) is 10.2 Å². The molecule has 0 aromatic carbocycles. The number of anilines is 1. The van der Waals surface area contributed by atoms with Gasteiger partial charge in [-0.05, 0) is 20.8 Å². The number of aromatic nitrogens is 2. The van der Waals surface area contributed by atoms with Crippen molar-refractivity contribution in [2.24, 2.45) is 0 Å². The maximum atomic E-state index is 11.8. The zero-order chi connectivity index (χ0) is 14.9. The van der Waals surface area contributed by atoms with Gasteiger partial charge in [-0.15, -0.1) is 11.3 Å². The van der Waals surface area contributed by atoms with Crippen LogP contribution in [0.5, 0.6) is 0 Å². The Bertz CT molecular complexity index is 675. The van der Waals surface area contributed by atoms with Crippen LogP contribution in [0.3, 0.4) is 0 Å². The molecule has 8 heteroatoms. The molecule has 20 heavy (non-hydrogen) atoms. The molecule has 0 fully saturated rings. The van der Waals surface area contributed by atoms with Gasteiger partial charge in [0.2, 0.25) is 0 Å². The predicted octanol–water partition coefficient (Wildman–Crippen LogP) is 2.74. The van der Waals surface area contributed by atoms with Crippen molar-refractivity contribution in [3.63, 3.8) is 0 Å². The average molecular weight is 295 g/mol. The van der Waals surface area contributed by atoms with E-state index in [9.17, 15) is 14.7 Å². The summed E-state index contributed by atoms with van der Waals surface area (Å²) in [6, 6.07) is 0. The molecule has 2 aromatic heterocycles. The Labute approximate surface area is 118 Å². The van der Waals surface area contributed by atoms with Crippen LogP contribution in [0.2, 0.25) is 0 Å². The second-order valence-corrected chi connectivity index (χ2v) is 5.98. The lowest BCUT2D eigenvalue weighted by Crippen LogP contribution is -2.27. The van der Waals surface area contributed by atoms with Crippen molar-refractivity contribution in [2.45, 2.75) is 26.4 Å². The molecule has 0 spiro atoms. The maximum absolute atomic E-state index is 11.8. The van der Waals surface area contributed by atoms with Crippen LogP contribution in [0.4, 0.5) is 10.5 Å². The molecule has 0 saturated heterocycles. The van der Waals surface area contributed by atoms with Crippen molar-refractivity contribution in [2.75, 3.05) is 5.32 Å². The Hall–Kier alpha value is -2.22. The second kappa shape index (κ2) is 5.04. The van der Waals surface area contributed by atoms with Crippen molar-refractivity contribution in [3.05, 3.63) is 17.4 Å². The van der Waals surface area contributed by atoms with Gasteiger partial charge in [0.15, 0.2) is 0 Å². The van der Waals surface area contributed by atoms with E-state index in [4.69, 9.17) is 4.74 Å². The van der Waals surface area contributed by atoms with Crippen LogP contribution < -0.4 is 5.32 Å². The molecule has 0 atom stereocenters. The van der Waals surface area contributed by atoms with Gasteiger partial charge in [-0.25, -0.2) is 19.6 Å². The molecule has 0 aliphatic rings. The van der Waals surface area contributed by atoms with E-state index in [1.807, 2.05) is 0 Å². The Morgan fingerprint density at radius 1 is 1.40 bits per heavy atom. The highest BCUT2D eigenvalue weighted by atomic mass is 32.1. The van der Waals surface area contributed by atoms with Crippen LogP contribution in [-0.2, 0) is 4.74 Å². The maximum Gasteiger partial charge on any atom is 0.412 e. The van der Waals surface area contributed by atoms with Crippen LogP contribution in [-0.4, -0.2) is 32.7 Å². The van der Waals surface area contributed by atoms with Crippen LogP contribution in [0.15, 0.2) is 12.5 Å². The van der Waals surface area contributed by atoms with Gasteiger partial charge in [-0.1, -0.05) is 0 Å². The van der Waals surface area contributed by atoms with Gasteiger partial charge < -0.3 is 9.84 Å². The number of rotatable bonds is 2. The summed E-state index contributed by atoms with van der Waals surface area (Å²) in [5.41, 5.74) is -0.511. The molecule has 0 bridgehead atoms. The molecule has 2 heterocycles. The van der Waals surface area contributed by atoms with Gasteiger partial charge in [-0.2, -0.15) is 0 Å². The fourth-order valence-electron chi connectivity index (χ4n) is 1.52. The Morgan fingerprint density at radius 2 is 2.10 bits per heavy atom. The lowest BCUT2D eigenvalue weighted by Gasteiger charge is -2.19. The highest BCUT2D eigenvalue weighted by Crippen LogP contribution is 2.34. The third-order valence-corrected chi connectivity index (χ3v) is 3.29. The van der Waals surface area contributed by atoms with Crippen LogP contribution >= 0.6 is 11.3 Å². The van der Waals surface area contributed by atoms with Gasteiger partial charge in [0.25, 0.3) is 0 Å². The number of hydrogen-bond acceptors (Lipinski definition) is 6. The zero-order valence-corrected chi connectivity index (χ0v) is 11.9. The quantitative estimate of drug-likeness (QED) is 0.883. The first-order valence-corrected chi connectivity index (χ1v) is 6.55. The molecular weight excluding hydrogens is 282 g/mol. The lowest BCUT2D eigenvalue weighted by molar-refractivity contribution is 0.0636. The summed E-state index contributed by atoms with van der Waals surface area (Å²) >= 11 is 0.971. The average Bonchev–Trinajstić information content (AvgIpc) is 2.66. The number of carbonyl (C=O) groups is 2. The molecular formula is C12H13N3O4S. The minimum atomic E-state index is -1.14. The van der Waals surface area contributed by atoms with Gasteiger partial charge in [0.05, 0.1) is 11.1 Å². The van der Waals surface area contributed by atoms with Crippen LogP contribution in [0.1, 0.15) is 30.4 Å². The number of nitrogens with one attached hydrogen (secondary N) is 1. The standard InChI is InChI=1S/C12H13N3O4S/c1-12(2,3)19-11(18)15-7-6-4-13-5-14-9(6)20-8(7)10(16)17/h4-5H,1-3H3,(H,15,18)(H,16,17). The minimum absolute atomic E-state index is 0.00800. The number of nitrogens with zero attached hydrogens (tertiary/aromatic N) is 2. The lowest BCUT2D eigenvalue weighted by atomic mass is 10.2. The van der Waals surface area contributed by atoms with Crippen LogP contribution in [0.25, 0.3) is 10.2 Å². The third kappa shape index (κ3) is 3.02. The van der Waals surface area contributed by atoms with Crippen molar-refractivity contribution >= 4 is 39.3 Å². The topological polar surface area (TPSA) is 101 Å². The van der Waals surface area contributed by atoms with Crippen molar-refractivity contribution in [1.29, 1.82) is 0 Å². The molecule has 106 valence electrons. The van der Waals surface area contributed by atoms with E-state index in [0.717, 1.165) is 11.3 Å². The third-order valence-electron chi connectivity index (χ3n) is 2.19. The molecule has 0 aliphatic heterocycles. The van der Waals surface area contributed by atoms with Gasteiger partial charge >= 0.3 is 12.1 Å². The largest absolute Gasteiger partial charge is 0.477 e. The van der Waals surface area contributed by atoms with E-state index < -0.39 is 17.7 Å². The van der Waals surface area contributed by atoms with E-state index in [1.54, 1.807) is 20.8 Å². The SMILES string of the molecule is CC(C)(C)OC(=O)Nc1c(C(=O)O)sc2ncncc12. The number of fused-ring (bicyclic) bond motifs is 1. The molecule has 7 nitrogen and oxygen atoms in total. The summed E-state index contributed by atoms with van der Waals surface area (Å²) in [6.45, 7) is 5.17. The van der Waals surface area contributed by atoms with Crippen molar-refractivity contribution in [1.82, 2.24) is 9.97 Å². The van der Waals surface area contributed by atoms with E-state index >= 15 is 0 Å². The number of carbonyl (C=O) groups excluding carboxylic acids is 1. The summed E-state index contributed by atoms with van der Waals surface area (Å²) in [6.07, 6.45) is 2.06. The Morgan fingerprint density at radius 3 is 2.70 bits per heavy atom.